The minimum absolute atomic E-state index is 0.182. The number of hydrogen-bond acceptors (Lipinski definition) is 3. The Hall–Kier alpha value is 0.200. The maximum absolute atomic E-state index is 5.61. The van der Waals surface area contributed by atoms with Gasteiger partial charge in [0.25, 0.3) is 0 Å². The first-order chi connectivity index (χ1) is 7.63. The quantitative estimate of drug-likeness (QED) is 0.601. The molecule has 0 saturated heterocycles. The van der Waals surface area contributed by atoms with Gasteiger partial charge in [-0.2, -0.15) is 0 Å². The third kappa shape index (κ3) is 8.36. The molecule has 0 heterocycles. The molecule has 0 aliphatic rings. The van der Waals surface area contributed by atoms with E-state index in [1.54, 1.807) is 6.08 Å². The Morgan fingerprint density at radius 1 is 1.00 bits per heavy atom. The lowest BCUT2D eigenvalue weighted by molar-refractivity contribution is -0.152. The van der Waals surface area contributed by atoms with Crippen molar-refractivity contribution in [1.82, 2.24) is 0 Å². The molecule has 0 bridgehead atoms. The molecular weight excluding hydrogens is 251 g/mol. The van der Waals surface area contributed by atoms with E-state index in [2.05, 4.69) is 0 Å². The lowest BCUT2D eigenvalue weighted by Crippen LogP contribution is -2.25. The zero-order chi connectivity index (χ0) is 12.4. The van der Waals surface area contributed by atoms with Crippen molar-refractivity contribution >= 4 is 23.2 Å². The molecule has 3 nitrogen and oxygen atoms in total. The van der Waals surface area contributed by atoms with Crippen LogP contribution < -0.4 is 0 Å². The number of ether oxygens (including phenoxy) is 3. The van der Waals surface area contributed by atoms with E-state index in [1.165, 1.54) is 0 Å². The van der Waals surface area contributed by atoms with Crippen molar-refractivity contribution in [2.45, 2.75) is 39.6 Å². The fourth-order valence-corrected chi connectivity index (χ4v) is 1.57. The molecule has 0 aliphatic heterocycles. The van der Waals surface area contributed by atoms with Crippen molar-refractivity contribution in [3.05, 3.63) is 10.6 Å². The third-order valence-electron chi connectivity index (χ3n) is 1.82. The van der Waals surface area contributed by atoms with Crippen LogP contribution >= 0.6 is 23.2 Å². The average Bonchev–Trinajstić information content (AvgIpc) is 2.17. The number of halogens is 2. The van der Waals surface area contributed by atoms with Crippen molar-refractivity contribution in [3.8, 4) is 0 Å². The van der Waals surface area contributed by atoms with Crippen molar-refractivity contribution < 1.29 is 14.2 Å². The molecule has 0 rings (SSSR count). The summed E-state index contributed by atoms with van der Waals surface area (Å²) in [6.07, 6.45) is 1.77. The monoisotopic (exact) mass is 270 g/mol. The lowest BCUT2D eigenvalue weighted by atomic mass is 10.2. The third-order valence-corrected chi connectivity index (χ3v) is 2.07. The van der Waals surface area contributed by atoms with Gasteiger partial charge in [-0.15, -0.1) is 0 Å². The van der Waals surface area contributed by atoms with Crippen LogP contribution in [0.5, 0.6) is 0 Å². The summed E-state index contributed by atoms with van der Waals surface area (Å²) in [5.74, 6) is 0. The van der Waals surface area contributed by atoms with Gasteiger partial charge in [-0.25, -0.2) is 0 Å². The first-order valence-electron chi connectivity index (χ1n) is 5.51. The molecule has 0 aliphatic carbocycles. The Bertz CT molecular complexity index is 188. The molecule has 1 atom stereocenters. The summed E-state index contributed by atoms with van der Waals surface area (Å²) in [5.41, 5.74) is 0. The van der Waals surface area contributed by atoms with E-state index in [9.17, 15) is 0 Å². The van der Waals surface area contributed by atoms with Gasteiger partial charge in [-0.05, 0) is 26.8 Å². The summed E-state index contributed by atoms with van der Waals surface area (Å²) in [4.78, 5) is 0. The normalized spacial score (nSPS) is 12.9. The fourth-order valence-electron chi connectivity index (χ4n) is 1.28. The SMILES string of the molecule is CCOC(C=C(Cl)Cl)CC(OCC)OCC. The van der Waals surface area contributed by atoms with Gasteiger partial charge in [-0.1, -0.05) is 23.2 Å². The summed E-state index contributed by atoms with van der Waals surface area (Å²) >= 11 is 11.2. The highest BCUT2D eigenvalue weighted by Gasteiger charge is 2.15. The largest absolute Gasteiger partial charge is 0.374 e. The summed E-state index contributed by atoms with van der Waals surface area (Å²) in [7, 11) is 0. The Morgan fingerprint density at radius 2 is 1.50 bits per heavy atom. The molecule has 0 aromatic carbocycles. The Kier molecular flexibility index (Phi) is 10.5. The van der Waals surface area contributed by atoms with E-state index in [4.69, 9.17) is 37.4 Å². The molecule has 0 spiro atoms. The molecular formula is C11H20Cl2O3. The van der Waals surface area contributed by atoms with Crippen molar-refractivity contribution in [1.29, 1.82) is 0 Å². The van der Waals surface area contributed by atoms with E-state index in [0.29, 0.717) is 26.2 Å². The van der Waals surface area contributed by atoms with E-state index in [-0.39, 0.29) is 16.9 Å². The predicted molar refractivity (Wildman–Crippen MR) is 66.9 cm³/mol. The Balaban J connectivity index is 4.25. The molecule has 0 saturated carbocycles. The molecule has 5 heteroatoms. The lowest BCUT2D eigenvalue weighted by Gasteiger charge is -2.21. The van der Waals surface area contributed by atoms with Crippen LogP contribution in [0.25, 0.3) is 0 Å². The van der Waals surface area contributed by atoms with Crippen LogP contribution in [0.15, 0.2) is 10.6 Å². The summed E-state index contributed by atoms with van der Waals surface area (Å²) < 4.78 is 16.5. The molecule has 0 aromatic heterocycles. The van der Waals surface area contributed by atoms with Crippen molar-refractivity contribution in [2.75, 3.05) is 19.8 Å². The zero-order valence-corrected chi connectivity index (χ0v) is 11.6. The number of rotatable bonds is 9. The molecule has 16 heavy (non-hydrogen) atoms. The number of hydrogen-bond donors (Lipinski definition) is 0. The molecule has 0 amide bonds. The Morgan fingerprint density at radius 3 is 1.88 bits per heavy atom. The van der Waals surface area contributed by atoms with E-state index in [1.807, 2.05) is 20.8 Å². The second-order valence-corrected chi connectivity index (χ2v) is 4.03. The van der Waals surface area contributed by atoms with Gasteiger partial charge in [0.2, 0.25) is 0 Å². The first-order valence-corrected chi connectivity index (χ1v) is 6.27. The van der Waals surface area contributed by atoms with E-state index < -0.39 is 0 Å². The second-order valence-electron chi connectivity index (χ2n) is 3.03. The second kappa shape index (κ2) is 10.4. The Labute approximate surface area is 108 Å². The minimum Gasteiger partial charge on any atom is -0.374 e. The van der Waals surface area contributed by atoms with Crippen LogP contribution in [0, 0.1) is 0 Å². The maximum atomic E-state index is 5.61. The maximum Gasteiger partial charge on any atom is 0.160 e. The van der Waals surface area contributed by atoms with Crippen LogP contribution in [0.3, 0.4) is 0 Å². The minimum atomic E-state index is -0.282. The molecule has 0 fully saturated rings. The van der Waals surface area contributed by atoms with Gasteiger partial charge >= 0.3 is 0 Å². The molecule has 1 unspecified atom stereocenters. The molecule has 0 N–H and O–H groups in total. The van der Waals surface area contributed by atoms with Gasteiger partial charge in [0, 0.05) is 26.2 Å². The highest BCUT2D eigenvalue weighted by molar-refractivity contribution is 6.55. The smallest absolute Gasteiger partial charge is 0.160 e. The van der Waals surface area contributed by atoms with Gasteiger partial charge in [0.05, 0.1) is 6.10 Å². The van der Waals surface area contributed by atoms with Crippen LogP contribution in [0.1, 0.15) is 27.2 Å². The highest BCUT2D eigenvalue weighted by Crippen LogP contribution is 2.15. The van der Waals surface area contributed by atoms with E-state index in [0.717, 1.165) is 0 Å². The van der Waals surface area contributed by atoms with Crippen LogP contribution in [0.2, 0.25) is 0 Å². The topological polar surface area (TPSA) is 27.7 Å². The molecule has 0 radical (unpaired) electrons. The fraction of sp³-hybridized carbons (Fsp3) is 0.818. The van der Waals surface area contributed by atoms with Crippen molar-refractivity contribution in [2.24, 2.45) is 0 Å². The summed E-state index contributed by atoms with van der Waals surface area (Å²) in [5, 5.41) is 0. The van der Waals surface area contributed by atoms with Crippen molar-refractivity contribution in [3.63, 3.8) is 0 Å². The van der Waals surface area contributed by atoms with Crippen LogP contribution in [0.4, 0.5) is 0 Å². The average molecular weight is 271 g/mol. The first kappa shape index (κ1) is 16.2. The van der Waals surface area contributed by atoms with Gasteiger partial charge in [-0.3, -0.25) is 0 Å². The standard InChI is InChI=1S/C11H20Cl2O3/c1-4-14-9(7-10(12)13)8-11(15-5-2)16-6-3/h7,9,11H,4-6,8H2,1-3H3. The predicted octanol–water partition coefficient (Wildman–Crippen LogP) is 3.50. The highest BCUT2D eigenvalue weighted by atomic mass is 35.5. The summed E-state index contributed by atoms with van der Waals surface area (Å²) in [6.45, 7) is 7.55. The molecule has 96 valence electrons. The molecule has 0 aromatic rings. The van der Waals surface area contributed by atoms with Crippen LogP contribution in [-0.4, -0.2) is 32.2 Å². The van der Waals surface area contributed by atoms with Crippen LogP contribution in [-0.2, 0) is 14.2 Å². The van der Waals surface area contributed by atoms with Gasteiger partial charge in [0.15, 0.2) is 6.29 Å². The van der Waals surface area contributed by atoms with Gasteiger partial charge < -0.3 is 14.2 Å². The van der Waals surface area contributed by atoms with Gasteiger partial charge in [0.1, 0.15) is 4.49 Å². The summed E-state index contributed by atoms with van der Waals surface area (Å²) in [6, 6.07) is 0. The zero-order valence-electron chi connectivity index (χ0n) is 10.0. The van der Waals surface area contributed by atoms with E-state index >= 15 is 0 Å².